The zero-order valence-electron chi connectivity index (χ0n) is 13.7. The summed E-state index contributed by atoms with van der Waals surface area (Å²) < 4.78 is 5.30. The Balaban J connectivity index is 1.58. The van der Waals surface area contributed by atoms with Gasteiger partial charge in [0, 0.05) is 38.9 Å². The molecule has 3 heterocycles. The number of aromatic nitrogens is 2. The van der Waals surface area contributed by atoms with E-state index in [1.807, 2.05) is 6.07 Å². The molecule has 0 saturated carbocycles. The van der Waals surface area contributed by atoms with E-state index in [4.69, 9.17) is 4.74 Å². The van der Waals surface area contributed by atoms with Crippen LogP contribution in [0.25, 0.3) is 0 Å². The Hall–Kier alpha value is -1.73. The van der Waals surface area contributed by atoms with E-state index in [2.05, 4.69) is 32.4 Å². The first-order chi connectivity index (χ1) is 11.2. The smallest absolute Gasteiger partial charge is 0.272 e. The van der Waals surface area contributed by atoms with Crippen LogP contribution in [0, 0.1) is 0 Å². The molecule has 1 N–H and O–H groups in total. The summed E-state index contributed by atoms with van der Waals surface area (Å²) in [6.45, 7) is 5.46. The lowest BCUT2D eigenvalue weighted by Crippen LogP contribution is -2.39. The van der Waals surface area contributed by atoms with Crippen LogP contribution in [0.4, 0.5) is 5.82 Å². The summed E-state index contributed by atoms with van der Waals surface area (Å²) in [5.74, 6) is 0.703. The van der Waals surface area contributed by atoms with Crippen LogP contribution in [0.15, 0.2) is 12.1 Å². The quantitative estimate of drug-likeness (QED) is 0.876. The van der Waals surface area contributed by atoms with Crippen molar-refractivity contribution in [1.82, 2.24) is 20.4 Å². The van der Waals surface area contributed by atoms with E-state index in [1.165, 1.54) is 0 Å². The standard InChI is InChI=1S/C16H25N5O2/c1-20-7-2-8-21(10-9-20)15-4-3-14(18-19-15)16(22)17-13-5-11-23-12-6-13/h3-4,13H,2,5-12H2,1H3,(H,17,22). The van der Waals surface area contributed by atoms with Gasteiger partial charge in [-0.1, -0.05) is 0 Å². The van der Waals surface area contributed by atoms with Crippen LogP contribution in [0.3, 0.4) is 0 Å². The zero-order valence-corrected chi connectivity index (χ0v) is 13.7. The minimum atomic E-state index is -0.147. The molecule has 2 aliphatic rings. The van der Waals surface area contributed by atoms with Crippen molar-refractivity contribution in [3.05, 3.63) is 17.8 Å². The Labute approximate surface area is 137 Å². The first-order valence-corrected chi connectivity index (χ1v) is 8.38. The Kier molecular flexibility index (Phi) is 5.40. The number of hydrogen-bond donors (Lipinski definition) is 1. The molecule has 0 spiro atoms. The van der Waals surface area contributed by atoms with Gasteiger partial charge in [0.1, 0.15) is 0 Å². The number of ether oxygens (including phenoxy) is 1. The Morgan fingerprint density at radius 2 is 2.00 bits per heavy atom. The maximum Gasteiger partial charge on any atom is 0.272 e. The second-order valence-electron chi connectivity index (χ2n) is 6.28. The Morgan fingerprint density at radius 3 is 2.74 bits per heavy atom. The first kappa shape index (κ1) is 16.1. The third kappa shape index (κ3) is 4.39. The van der Waals surface area contributed by atoms with Gasteiger partial charge in [0.05, 0.1) is 0 Å². The van der Waals surface area contributed by atoms with E-state index in [9.17, 15) is 4.79 Å². The maximum absolute atomic E-state index is 12.2. The van der Waals surface area contributed by atoms with Gasteiger partial charge in [-0.15, -0.1) is 10.2 Å². The molecule has 1 aromatic heterocycles. The van der Waals surface area contributed by atoms with E-state index >= 15 is 0 Å². The van der Waals surface area contributed by atoms with Gasteiger partial charge in [0.2, 0.25) is 0 Å². The molecule has 0 unspecified atom stereocenters. The average molecular weight is 319 g/mol. The fourth-order valence-corrected chi connectivity index (χ4v) is 2.99. The van der Waals surface area contributed by atoms with E-state index in [-0.39, 0.29) is 11.9 Å². The van der Waals surface area contributed by atoms with Crippen molar-refractivity contribution in [3.63, 3.8) is 0 Å². The van der Waals surface area contributed by atoms with Crippen molar-refractivity contribution in [2.45, 2.75) is 25.3 Å². The molecule has 23 heavy (non-hydrogen) atoms. The van der Waals surface area contributed by atoms with Gasteiger partial charge in [-0.05, 0) is 45.0 Å². The SMILES string of the molecule is CN1CCCN(c2ccc(C(=O)NC3CCOCC3)nn2)CC1. The number of carbonyl (C=O) groups is 1. The van der Waals surface area contributed by atoms with Crippen molar-refractivity contribution < 1.29 is 9.53 Å². The predicted molar refractivity (Wildman–Crippen MR) is 87.7 cm³/mol. The molecular formula is C16H25N5O2. The van der Waals surface area contributed by atoms with Gasteiger partial charge in [-0.3, -0.25) is 4.79 Å². The number of rotatable bonds is 3. The molecule has 126 valence electrons. The molecule has 2 fully saturated rings. The lowest BCUT2D eigenvalue weighted by molar-refractivity contribution is 0.0693. The van der Waals surface area contributed by atoms with Crippen molar-refractivity contribution in [2.75, 3.05) is 51.3 Å². The van der Waals surface area contributed by atoms with Crippen molar-refractivity contribution >= 4 is 11.7 Å². The number of hydrogen-bond acceptors (Lipinski definition) is 6. The predicted octanol–water partition coefficient (Wildman–Crippen LogP) is 0.527. The number of nitrogens with zero attached hydrogens (tertiary/aromatic N) is 4. The number of amides is 1. The summed E-state index contributed by atoms with van der Waals surface area (Å²) in [5, 5.41) is 11.4. The molecule has 0 aromatic carbocycles. The molecule has 2 saturated heterocycles. The highest BCUT2D eigenvalue weighted by Crippen LogP contribution is 2.13. The van der Waals surface area contributed by atoms with Gasteiger partial charge >= 0.3 is 0 Å². The minimum Gasteiger partial charge on any atom is -0.381 e. The number of anilines is 1. The summed E-state index contributed by atoms with van der Waals surface area (Å²) in [4.78, 5) is 16.8. The first-order valence-electron chi connectivity index (χ1n) is 8.38. The van der Waals surface area contributed by atoms with Gasteiger partial charge in [0.15, 0.2) is 11.5 Å². The Morgan fingerprint density at radius 1 is 1.17 bits per heavy atom. The highest BCUT2D eigenvalue weighted by Gasteiger charge is 2.19. The van der Waals surface area contributed by atoms with Crippen LogP contribution >= 0.6 is 0 Å². The lowest BCUT2D eigenvalue weighted by atomic mass is 10.1. The molecule has 3 rings (SSSR count). The molecule has 0 atom stereocenters. The van der Waals surface area contributed by atoms with Crippen molar-refractivity contribution in [3.8, 4) is 0 Å². The number of likely N-dealkylation sites (N-methyl/N-ethyl adjacent to an activating group) is 1. The van der Waals surface area contributed by atoms with E-state index in [0.29, 0.717) is 18.9 Å². The molecule has 7 nitrogen and oxygen atoms in total. The summed E-state index contributed by atoms with van der Waals surface area (Å²) in [5.41, 5.74) is 0.382. The molecule has 0 aliphatic carbocycles. The van der Waals surface area contributed by atoms with Gasteiger partial charge in [-0.2, -0.15) is 0 Å². The monoisotopic (exact) mass is 319 g/mol. The third-order valence-electron chi connectivity index (χ3n) is 4.48. The molecule has 1 aromatic rings. The molecule has 0 bridgehead atoms. The van der Waals surface area contributed by atoms with Crippen molar-refractivity contribution in [1.29, 1.82) is 0 Å². The zero-order chi connectivity index (χ0) is 16.1. The minimum absolute atomic E-state index is 0.147. The molecule has 0 radical (unpaired) electrons. The lowest BCUT2D eigenvalue weighted by Gasteiger charge is -2.23. The van der Waals surface area contributed by atoms with Gasteiger partial charge in [0.25, 0.3) is 5.91 Å². The highest BCUT2D eigenvalue weighted by atomic mass is 16.5. The average Bonchev–Trinajstić information content (AvgIpc) is 2.80. The normalized spacial score (nSPS) is 21.0. The summed E-state index contributed by atoms with van der Waals surface area (Å²) in [7, 11) is 2.14. The number of nitrogens with one attached hydrogen (secondary N) is 1. The second kappa shape index (κ2) is 7.70. The van der Waals surface area contributed by atoms with Crippen LogP contribution in [0.1, 0.15) is 29.8 Å². The molecule has 2 aliphatic heterocycles. The Bertz CT molecular complexity index is 516. The second-order valence-corrected chi connectivity index (χ2v) is 6.28. The van der Waals surface area contributed by atoms with Crippen molar-refractivity contribution in [2.24, 2.45) is 0 Å². The fraction of sp³-hybridized carbons (Fsp3) is 0.688. The van der Waals surface area contributed by atoms with Gasteiger partial charge < -0.3 is 19.9 Å². The van der Waals surface area contributed by atoms with E-state index in [1.54, 1.807) is 6.07 Å². The summed E-state index contributed by atoms with van der Waals surface area (Å²) in [6, 6.07) is 3.85. The van der Waals surface area contributed by atoms with E-state index < -0.39 is 0 Å². The summed E-state index contributed by atoms with van der Waals surface area (Å²) in [6.07, 6.45) is 2.83. The van der Waals surface area contributed by atoms with Crippen LogP contribution in [-0.2, 0) is 4.74 Å². The van der Waals surface area contributed by atoms with Crippen LogP contribution in [-0.4, -0.2) is 73.5 Å². The number of carbonyl (C=O) groups excluding carboxylic acids is 1. The fourth-order valence-electron chi connectivity index (χ4n) is 2.99. The van der Waals surface area contributed by atoms with E-state index in [0.717, 1.165) is 51.3 Å². The molecule has 1 amide bonds. The molecule has 7 heteroatoms. The highest BCUT2D eigenvalue weighted by molar-refractivity contribution is 5.92. The van der Waals surface area contributed by atoms with Crippen LogP contribution in [0.5, 0.6) is 0 Å². The third-order valence-corrected chi connectivity index (χ3v) is 4.48. The van der Waals surface area contributed by atoms with Crippen LogP contribution in [0.2, 0.25) is 0 Å². The molecular weight excluding hydrogens is 294 g/mol. The maximum atomic E-state index is 12.2. The van der Waals surface area contributed by atoms with Gasteiger partial charge in [-0.25, -0.2) is 0 Å². The topological polar surface area (TPSA) is 70.6 Å². The van der Waals surface area contributed by atoms with Crippen LogP contribution < -0.4 is 10.2 Å². The summed E-state index contributed by atoms with van der Waals surface area (Å²) >= 11 is 0. The largest absolute Gasteiger partial charge is 0.381 e.